The van der Waals surface area contributed by atoms with E-state index in [0.717, 1.165) is 44.3 Å². The van der Waals surface area contributed by atoms with Gasteiger partial charge < -0.3 is 10.4 Å². The number of nitrogens with one attached hydrogen (secondary N) is 1. The van der Waals surface area contributed by atoms with Crippen LogP contribution >= 0.6 is 0 Å². The van der Waals surface area contributed by atoms with Crippen molar-refractivity contribution >= 4 is 9.84 Å². The maximum absolute atomic E-state index is 13.8. The maximum atomic E-state index is 13.8. The minimum atomic E-state index is -3.65. The van der Waals surface area contributed by atoms with Gasteiger partial charge in [-0.1, -0.05) is 0 Å². The largest absolute Gasteiger partial charge is 0.508 e. The van der Waals surface area contributed by atoms with E-state index in [-0.39, 0.29) is 11.7 Å². The zero-order valence-electron chi connectivity index (χ0n) is 10.1. The van der Waals surface area contributed by atoms with Gasteiger partial charge in [0.05, 0.1) is 0 Å². The molecule has 6 heteroatoms. The second-order valence-corrected chi connectivity index (χ2v) is 6.62. The molecule has 1 heterocycles. The molecule has 4 nitrogen and oxygen atoms in total. The minimum Gasteiger partial charge on any atom is -0.508 e. The summed E-state index contributed by atoms with van der Waals surface area (Å²) in [7, 11) is -3.65. The average molecular weight is 273 g/mol. The first-order valence-corrected chi connectivity index (χ1v) is 7.72. The van der Waals surface area contributed by atoms with E-state index in [4.69, 9.17) is 0 Å². The molecule has 0 spiro atoms. The van der Waals surface area contributed by atoms with Gasteiger partial charge in [0.2, 0.25) is 0 Å². The van der Waals surface area contributed by atoms with Crippen LogP contribution in [0.2, 0.25) is 0 Å². The minimum absolute atomic E-state index is 0.0781. The van der Waals surface area contributed by atoms with Gasteiger partial charge in [-0.05, 0) is 37.9 Å². The summed E-state index contributed by atoms with van der Waals surface area (Å²) in [6.45, 7) is 1.64. The molecule has 0 radical (unpaired) electrons. The third kappa shape index (κ3) is 2.64. The topological polar surface area (TPSA) is 66.4 Å². The molecular weight excluding hydrogens is 257 g/mol. The van der Waals surface area contributed by atoms with Gasteiger partial charge in [-0.3, -0.25) is 0 Å². The Labute approximate surface area is 106 Å². The number of hydrogen-bond acceptors (Lipinski definition) is 4. The van der Waals surface area contributed by atoms with Gasteiger partial charge in [0.15, 0.2) is 9.84 Å². The number of piperidine rings is 1. The molecule has 0 aliphatic carbocycles. The molecule has 0 amide bonds. The number of phenolic OH excluding ortho intramolecular Hbond substituents is 1. The molecule has 1 aliphatic heterocycles. The van der Waals surface area contributed by atoms with Gasteiger partial charge in [0.1, 0.15) is 16.5 Å². The Morgan fingerprint density at radius 1 is 1.33 bits per heavy atom. The smallest absolute Gasteiger partial charge is 0.178 e. The molecule has 1 fully saturated rings. The third-order valence-electron chi connectivity index (χ3n) is 3.26. The lowest BCUT2D eigenvalue weighted by Crippen LogP contribution is -2.26. The summed E-state index contributed by atoms with van der Waals surface area (Å²) in [5, 5.41) is 13.1. The Kier molecular flexibility index (Phi) is 3.59. The van der Waals surface area contributed by atoms with E-state index in [1.165, 1.54) is 0 Å². The standard InChI is InChI=1S/C12H16FNO3S/c1-18(16,17)12-7-11(15)9(6-10(12)13)8-2-4-14-5-3-8/h6-8,14-15H,2-5H2,1H3. The van der Waals surface area contributed by atoms with Crippen molar-refractivity contribution in [1.29, 1.82) is 0 Å². The number of halogens is 1. The molecule has 0 saturated carbocycles. The summed E-state index contributed by atoms with van der Waals surface area (Å²) in [5.74, 6) is -0.845. The highest BCUT2D eigenvalue weighted by atomic mass is 32.2. The lowest BCUT2D eigenvalue weighted by atomic mass is 9.89. The van der Waals surface area contributed by atoms with E-state index in [9.17, 15) is 17.9 Å². The summed E-state index contributed by atoms with van der Waals surface area (Å²) in [6, 6.07) is 2.17. The fourth-order valence-corrected chi connectivity index (χ4v) is 3.04. The molecule has 1 aliphatic rings. The summed E-state index contributed by atoms with van der Waals surface area (Å²) in [6.07, 6.45) is 2.55. The lowest BCUT2D eigenvalue weighted by molar-refractivity contribution is 0.419. The van der Waals surface area contributed by atoms with Crippen LogP contribution in [0.15, 0.2) is 17.0 Å². The molecule has 100 valence electrons. The van der Waals surface area contributed by atoms with Crippen molar-refractivity contribution in [2.24, 2.45) is 0 Å². The van der Waals surface area contributed by atoms with E-state index < -0.39 is 20.5 Å². The van der Waals surface area contributed by atoms with E-state index in [0.29, 0.717) is 5.56 Å². The van der Waals surface area contributed by atoms with Crippen LogP contribution in [0.3, 0.4) is 0 Å². The lowest BCUT2D eigenvalue weighted by Gasteiger charge is -2.24. The summed E-state index contributed by atoms with van der Waals surface area (Å²) in [4.78, 5) is -0.447. The first-order chi connectivity index (χ1) is 8.39. The molecule has 1 saturated heterocycles. The van der Waals surface area contributed by atoms with Gasteiger partial charge in [0.25, 0.3) is 0 Å². The van der Waals surface area contributed by atoms with Gasteiger partial charge in [-0.15, -0.1) is 0 Å². The molecule has 0 atom stereocenters. The van der Waals surface area contributed by atoms with Crippen molar-refractivity contribution in [3.05, 3.63) is 23.5 Å². The SMILES string of the molecule is CS(=O)(=O)c1cc(O)c(C2CCNCC2)cc1F. The summed E-state index contributed by atoms with van der Waals surface area (Å²) < 4.78 is 36.4. The van der Waals surface area contributed by atoms with Gasteiger partial charge in [-0.25, -0.2) is 12.8 Å². The molecule has 2 rings (SSSR count). The van der Waals surface area contributed by atoms with Gasteiger partial charge >= 0.3 is 0 Å². The quantitative estimate of drug-likeness (QED) is 0.855. The van der Waals surface area contributed by atoms with E-state index >= 15 is 0 Å². The zero-order chi connectivity index (χ0) is 13.3. The monoisotopic (exact) mass is 273 g/mol. The molecule has 18 heavy (non-hydrogen) atoms. The average Bonchev–Trinajstić information content (AvgIpc) is 2.31. The van der Waals surface area contributed by atoms with Crippen LogP contribution < -0.4 is 5.32 Å². The maximum Gasteiger partial charge on any atom is 0.178 e. The predicted molar refractivity (Wildman–Crippen MR) is 66.0 cm³/mol. The third-order valence-corrected chi connectivity index (χ3v) is 4.37. The van der Waals surface area contributed by atoms with Crippen LogP contribution in [-0.2, 0) is 9.84 Å². The summed E-state index contributed by atoms with van der Waals surface area (Å²) >= 11 is 0. The van der Waals surface area contributed by atoms with Crippen molar-refractivity contribution < 1.29 is 17.9 Å². The van der Waals surface area contributed by atoms with Crippen molar-refractivity contribution in [3.8, 4) is 5.75 Å². The van der Waals surface area contributed by atoms with Crippen molar-refractivity contribution in [3.63, 3.8) is 0 Å². The first-order valence-electron chi connectivity index (χ1n) is 5.83. The second kappa shape index (κ2) is 4.85. The number of rotatable bonds is 2. The number of phenols is 1. The molecule has 1 aromatic rings. The van der Waals surface area contributed by atoms with Crippen molar-refractivity contribution in [2.45, 2.75) is 23.7 Å². The van der Waals surface area contributed by atoms with Crippen LogP contribution in [0.1, 0.15) is 24.3 Å². The van der Waals surface area contributed by atoms with Crippen molar-refractivity contribution in [1.82, 2.24) is 5.32 Å². The number of hydrogen-bond donors (Lipinski definition) is 2. The van der Waals surface area contributed by atoms with E-state index in [1.54, 1.807) is 0 Å². The van der Waals surface area contributed by atoms with Crippen LogP contribution in [0, 0.1) is 5.82 Å². The Balaban J connectivity index is 2.42. The fourth-order valence-electron chi connectivity index (χ4n) is 2.30. The molecular formula is C12H16FNO3S. The molecule has 2 N–H and O–H groups in total. The van der Waals surface area contributed by atoms with Gasteiger partial charge in [0, 0.05) is 17.9 Å². The molecule has 1 aromatic carbocycles. The first kappa shape index (κ1) is 13.3. The second-order valence-electron chi connectivity index (χ2n) is 4.64. The highest BCUT2D eigenvalue weighted by Gasteiger charge is 2.23. The number of sulfone groups is 1. The summed E-state index contributed by atoms with van der Waals surface area (Å²) in [5.41, 5.74) is 0.501. The van der Waals surface area contributed by atoms with Crippen LogP contribution in [-0.4, -0.2) is 32.9 Å². The highest BCUT2D eigenvalue weighted by molar-refractivity contribution is 7.90. The Hall–Kier alpha value is -1.14. The Morgan fingerprint density at radius 3 is 2.50 bits per heavy atom. The van der Waals surface area contributed by atoms with Crippen LogP contribution in [0.5, 0.6) is 5.75 Å². The Morgan fingerprint density at radius 2 is 1.94 bits per heavy atom. The normalized spacial score (nSPS) is 17.9. The van der Waals surface area contributed by atoms with Crippen molar-refractivity contribution in [2.75, 3.05) is 19.3 Å². The highest BCUT2D eigenvalue weighted by Crippen LogP contribution is 2.34. The van der Waals surface area contributed by atoms with Gasteiger partial charge in [-0.2, -0.15) is 0 Å². The van der Waals surface area contributed by atoms with Crippen LogP contribution in [0.4, 0.5) is 4.39 Å². The number of benzene rings is 1. The van der Waals surface area contributed by atoms with E-state index in [2.05, 4.69) is 5.32 Å². The predicted octanol–water partition coefficient (Wildman–Crippen LogP) is 1.40. The number of aromatic hydroxyl groups is 1. The fraction of sp³-hybridized carbons (Fsp3) is 0.500. The zero-order valence-corrected chi connectivity index (χ0v) is 10.9. The molecule has 0 aromatic heterocycles. The Bertz CT molecular complexity index is 551. The molecule has 0 bridgehead atoms. The molecule has 0 unspecified atom stereocenters. The van der Waals surface area contributed by atoms with Crippen LogP contribution in [0.25, 0.3) is 0 Å². The van der Waals surface area contributed by atoms with E-state index in [1.807, 2.05) is 0 Å².